The number of ether oxygens (including phenoxy) is 1. The van der Waals surface area contributed by atoms with Gasteiger partial charge >= 0.3 is 0 Å². The van der Waals surface area contributed by atoms with Crippen LogP contribution in [0, 0.1) is 0 Å². The number of carbonyl (C=O) groups excluding carboxylic acids is 1. The van der Waals surface area contributed by atoms with Crippen LogP contribution >= 0.6 is 28.3 Å². The van der Waals surface area contributed by atoms with E-state index in [1.54, 1.807) is 25.3 Å². The smallest absolute Gasteiger partial charge is 0.235 e. The summed E-state index contributed by atoms with van der Waals surface area (Å²) in [5.74, 6) is 0.630. The lowest BCUT2D eigenvalue weighted by molar-refractivity contribution is -0.124. The molecule has 2 aromatic rings. The Bertz CT molecular complexity index is 730. The fourth-order valence-electron chi connectivity index (χ4n) is 3.01. The molecule has 1 aliphatic carbocycles. The van der Waals surface area contributed by atoms with Crippen LogP contribution in [0.25, 0.3) is 0 Å². The van der Waals surface area contributed by atoms with Crippen molar-refractivity contribution in [2.45, 2.75) is 24.7 Å². The Morgan fingerprint density at radius 2 is 1.88 bits per heavy atom. The highest BCUT2D eigenvalue weighted by molar-refractivity contribution is 9.10. The molecule has 4 nitrogen and oxygen atoms in total. The maximum atomic E-state index is 12.9. The van der Waals surface area contributed by atoms with Gasteiger partial charge in [-0.2, -0.15) is 0 Å². The van der Waals surface area contributed by atoms with Crippen molar-refractivity contribution in [2.75, 3.05) is 18.2 Å². The minimum Gasteiger partial charge on any atom is -0.495 e. The monoisotopic (exact) mass is 410 g/mol. The molecule has 0 unspecified atom stereocenters. The summed E-state index contributed by atoms with van der Waals surface area (Å²) < 4.78 is 6.16. The molecule has 0 aromatic heterocycles. The van der Waals surface area contributed by atoms with Gasteiger partial charge < -0.3 is 15.8 Å². The number of nitrogen functional groups attached to an aromatic ring is 1. The second-order valence-corrected chi connectivity index (χ2v) is 6.77. The van der Waals surface area contributed by atoms with Crippen molar-refractivity contribution in [2.24, 2.45) is 0 Å². The molecule has 3 rings (SSSR count). The summed E-state index contributed by atoms with van der Waals surface area (Å²) in [5.41, 5.74) is 7.74. The van der Waals surface area contributed by atoms with Crippen molar-refractivity contribution in [3.8, 4) is 5.75 Å². The molecule has 0 aliphatic heterocycles. The van der Waals surface area contributed by atoms with Gasteiger partial charge in [-0.1, -0.05) is 34.5 Å². The molecule has 0 bridgehead atoms. The van der Waals surface area contributed by atoms with Gasteiger partial charge in [-0.05, 0) is 48.7 Å². The second kappa shape index (κ2) is 7.45. The summed E-state index contributed by atoms with van der Waals surface area (Å²) in [5, 5.41) is 3.00. The van der Waals surface area contributed by atoms with Crippen LogP contribution in [0.15, 0.2) is 46.9 Å². The third-order valence-electron chi connectivity index (χ3n) is 4.53. The lowest BCUT2D eigenvalue weighted by Gasteiger charge is -2.40. The average molecular weight is 412 g/mol. The van der Waals surface area contributed by atoms with Gasteiger partial charge in [-0.25, -0.2) is 0 Å². The predicted molar refractivity (Wildman–Crippen MR) is 103 cm³/mol. The zero-order chi connectivity index (χ0) is 16.4. The first-order chi connectivity index (χ1) is 11.0. The maximum Gasteiger partial charge on any atom is 0.235 e. The molecule has 0 spiro atoms. The summed E-state index contributed by atoms with van der Waals surface area (Å²) in [6.07, 6.45) is 2.80. The Balaban J connectivity index is 0.00000208. The molecule has 0 atom stereocenters. The Labute approximate surface area is 156 Å². The molecule has 1 fully saturated rings. The fraction of sp³-hybridized carbons (Fsp3) is 0.278. The van der Waals surface area contributed by atoms with Gasteiger partial charge in [0.25, 0.3) is 0 Å². The van der Waals surface area contributed by atoms with Crippen LogP contribution in [-0.2, 0) is 10.2 Å². The molecule has 1 aliphatic rings. The minimum absolute atomic E-state index is 0. The molecule has 0 heterocycles. The summed E-state index contributed by atoms with van der Waals surface area (Å²) in [4.78, 5) is 12.9. The van der Waals surface area contributed by atoms with Crippen molar-refractivity contribution in [3.05, 3.63) is 52.5 Å². The first-order valence-corrected chi connectivity index (χ1v) is 8.35. The maximum absolute atomic E-state index is 12.9. The zero-order valence-electron chi connectivity index (χ0n) is 13.3. The van der Waals surface area contributed by atoms with Crippen molar-refractivity contribution in [3.63, 3.8) is 0 Å². The van der Waals surface area contributed by atoms with E-state index < -0.39 is 5.41 Å². The van der Waals surface area contributed by atoms with E-state index in [1.807, 2.05) is 24.3 Å². The molecule has 0 radical (unpaired) electrons. The van der Waals surface area contributed by atoms with Crippen LogP contribution in [0.1, 0.15) is 24.8 Å². The summed E-state index contributed by atoms with van der Waals surface area (Å²) in [6, 6.07) is 13.3. The van der Waals surface area contributed by atoms with E-state index in [4.69, 9.17) is 10.5 Å². The highest BCUT2D eigenvalue weighted by Crippen LogP contribution is 2.45. The number of amides is 1. The normalized spacial score (nSPS) is 14.9. The number of anilines is 2. The van der Waals surface area contributed by atoms with E-state index >= 15 is 0 Å². The van der Waals surface area contributed by atoms with Crippen LogP contribution in [0.2, 0.25) is 0 Å². The van der Waals surface area contributed by atoms with Crippen LogP contribution in [0.3, 0.4) is 0 Å². The quantitative estimate of drug-likeness (QED) is 0.727. The molecule has 1 amide bonds. The third-order valence-corrected chi connectivity index (χ3v) is 5.05. The number of nitrogens with two attached hydrogens (primary N) is 1. The lowest BCUT2D eigenvalue weighted by Crippen LogP contribution is -2.46. The average Bonchev–Trinajstić information content (AvgIpc) is 2.48. The van der Waals surface area contributed by atoms with Gasteiger partial charge in [0.15, 0.2) is 0 Å². The van der Waals surface area contributed by atoms with Gasteiger partial charge in [-0.15, -0.1) is 12.4 Å². The van der Waals surface area contributed by atoms with Crippen molar-refractivity contribution < 1.29 is 9.53 Å². The molecular weight excluding hydrogens is 392 g/mol. The summed E-state index contributed by atoms with van der Waals surface area (Å²) in [6.45, 7) is 0. The van der Waals surface area contributed by atoms with Crippen LogP contribution in [0.5, 0.6) is 5.75 Å². The number of methoxy groups -OCH3 is 1. The van der Waals surface area contributed by atoms with E-state index in [2.05, 4.69) is 21.2 Å². The number of carbonyl (C=O) groups is 1. The van der Waals surface area contributed by atoms with Crippen molar-refractivity contribution in [1.29, 1.82) is 0 Å². The van der Waals surface area contributed by atoms with E-state index in [9.17, 15) is 4.79 Å². The zero-order valence-corrected chi connectivity index (χ0v) is 15.7. The number of benzene rings is 2. The Hall–Kier alpha value is -1.72. The van der Waals surface area contributed by atoms with Gasteiger partial charge in [-0.3, -0.25) is 4.79 Å². The number of rotatable bonds is 4. The lowest BCUT2D eigenvalue weighted by atomic mass is 9.64. The van der Waals surface area contributed by atoms with Crippen molar-refractivity contribution >= 4 is 45.6 Å². The molecule has 24 heavy (non-hydrogen) atoms. The summed E-state index contributed by atoms with van der Waals surface area (Å²) in [7, 11) is 1.57. The van der Waals surface area contributed by atoms with E-state index in [0.29, 0.717) is 17.1 Å². The topological polar surface area (TPSA) is 64.3 Å². The van der Waals surface area contributed by atoms with E-state index in [0.717, 1.165) is 29.3 Å². The van der Waals surface area contributed by atoms with Crippen LogP contribution < -0.4 is 15.8 Å². The Morgan fingerprint density at radius 1 is 1.21 bits per heavy atom. The first kappa shape index (κ1) is 18.6. The van der Waals surface area contributed by atoms with Crippen molar-refractivity contribution in [1.82, 2.24) is 0 Å². The molecule has 2 aromatic carbocycles. The number of nitrogens with one attached hydrogen (secondary N) is 1. The van der Waals surface area contributed by atoms with Gasteiger partial charge in [0.2, 0.25) is 5.91 Å². The van der Waals surface area contributed by atoms with E-state index in [-0.39, 0.29) is 18.3 Å². The SMILES string of the molecule is COc1ccc(NC(=O)C2(c3ccc(Br)cc3)CCC2)cc1N.Cl. The van der Waals surface area contributed by atoms with Gasteiger partial charge in [0.1, 0.15) is 5.75 Å². The van der Waals surface area contributed by atoms with Gasteiger partial charge in [0, 0.05) is 10.2 Å². The highest BCUT2D eigenvalue weighted by Gasteiger charge is 2.45. The summed E-state index contributed by atoms with van der Waals surface area (Å²) >= 11 is 3.44. The number of halogens is 2. The predicted octanol–water partition coefficient (Wildman–Crippen LogP) is 4.52. The molecule has 6 heteroatoms. The van der Waals surface area contributed by atoms with Gasteiger partial charge in [0.05, 0.1) is 18.2 Å². The molecule has 3 N–H and O–H groups in total. The van der Waals surface area contributed by atoms with Crippen LogP contribution in [0.4, 0.5) is 11.4 Å². The Morgan fingerprint density at radius 3 is 2.38 bits per heavy atom. The largest absolute Gasteiger partial charge is 0.495 e. The number of hydrogen-bond acceptors (Lipinski definition) is 3. The minimum atomic E-state index is -0.435. The highest BCUT2D eigenvalue weighted by atomic mass is 79.9. The van der Waals surface area contributed by atoms with E-state index in [1.165, 1.54) is 0 Å². The fourth-order valence-corrected chi connectivity index (χ4v) is 3.27. The number of hydrogen-bond donors (Lipinski definition) is 2. The Kier molecular flexibility index (Phi) is 5.78. The molecular formula is C18H20BrClN2O2. The molecule has 1 saturated carbocycles. The first-order valence-electron chi connectivity index (χ1n) is 7.56. The second-order valence-electron chi connectivity index (χ2n) is 5.85. The molecule has 0 saturated heterocycles. The van der Waals surface area contributed by atoms with Crippen LogP contribution in [-0.4, -0.2) is 13.0 Å². The standard InChI is InChI=1S/C18H19BrN2O2.ClH/c1-23-16-8-7-14(11-15(16)20)21-17(22)18(9-2-10-18)12-3-5-13(19)6-4-12;/h3-8,11H,2,9-10,20H2,1H3,(H,21,22);1H. The molecule has 128 valence electrons. The third kappa shape index (κ3) is 3.37.